The fourth-order valence-corrected chi connectivity index (χ4v) is 2.87. The van der Waals surface area contributed by atoms with Crippen LogP contribution in [0.2, 0.25) is 0 Å². The number of methoxy groups -OCH3 is 1. The van der Waals surface area contributed by atoms with Gasteiger partial charge in [0.2, 0.25) is 0 Å². The lowest BCUT2D eigenvalue weighted by Gasteiger charge is -2.16. The highest BCUT2D eigenvalue weighted by Gasteiger charge is 2.15. The monoisotopic (exact) mass is 378 g/mol. The number of benzene rings is 2. The van der Waals surface area contributed by atoms with Gasteiger partial charge in [-0.3, -0.25) is 4.79 Å². The van der Waals surface area contributed by atoms with Crippen molar-refractivity contribution in [3.63, 3.8) is 0 Å². The average Bonchev–Trinajstić information content (AvgIpc) is 2.73. The molecule has 0 bridgehead atoms. The fourth-order valence-electron chi connectivity index (χ4n) is 2.87. The van der Waals surface area contributed by atoms with Gasteiger partial charge in [0.1, 0.15) is 30.1 Å². The molecule has 0 radical (unpaired) electrons. The van der Waals surface area contributed by atoms with Crippen LogP contribution in [0.4, 0.5) is 0 Å². The Morgan fingerprint density at radius 2 is 2.00 bits per heavy atom. The third kappa shape index (κ3) is 4.03. The van der Waals surface area contributed by atoms with Crippen LogP contribution < -0.4 is 10.3 Å². The van der Waals surface area contributed by atoms with Crippen LogP contribution in [0, 0.1) is 11.3 Å². The summed E-state index contributed by atoms with van der Waals surface area (Å²) in [5.41, 5.74) is -0.745. The van der Waals surface area contributed by atoms with Crippen LogP contribution >= 0.6 is 0 Å². The molecular weight excluding hydrogens is 360 g/mol. The molecule has 0 aliphatic carbocycles. The number of hydrogen-bond acceptors (Lipinski definition) is 6. The highest BCUT2D eigenvalue weighted by atomic mass is 16.5. The molecule has 1 heterocycles. The van der Waals surface area contributed by atoms with Gasteiger partial charge in [-0.2, -0.15) is 5.26 Å². The molecule has 7 nitrogen and oxygen atoms in total. The van der Waals surface area contributed by atoms with Crippen LogP contribution in [-0.4, -0.2) is 35.5 Å². The summed E-state index contributed by atoms with van der Waals surface area (Å²) in [6, 6.07) is 16.2. The molecule has 0 spiro atoms. The molecule has 2 aromatic carbocycles. The van der Waals surface area contributed by atoms with Crippen molar-refractivity contribution in [2.75, 3.05) is 13.7 Å². The first-order valence-electron chi connectivity index (χ1n) is 8.55. The van der Waals surface area contributed by atoms with Gasteiger partial charge in [-0.1, -0.05) is 36.4 Å². The van der Waals surface area contributed by atoms with E-state index >= 15 is 0 Å². The van der Waals surface area contributed by atoms with Crippen LogP contribution in [0.25, 0.3) is 10.8 Å². The number of carbonyl (C=O) groups excluding carboxylic acids is 1. The molecule has 1 atom stereocenters. The minimum absolute atomic E-state index is 0.0563. The number of carbonyl (C=O) groups is 1. The maximum absolute atomic E-state index is 12.3. The van der Waals surface area contributed by atoms with Crippen molar-refractivity contribution in [2.45, 2.75) is 12.6 Å². The van der Waals surface area contributed by atoms with Crippen LogP contribution in [0.5, 0.6) is 5.75 Å². The third-order valence-corrected chi connectivity index (χ3v) is 4.22. The Kier molecular flexibility index (Phi) is 5.72. The van der Waals surface area contributed by atoms with Gasteiger partial charge in [0.25, 0.3) is 5.56 Å². The number of hydrogen-bond donors (Lipinski definition) is 1. The van der Waals surface area contributed by atoms with Gasteiger partial charge in [0, 0.05) is 11.6 Å². The van der Waals surface area contributed by atoms with E-state index in [2.05, 4.69) is 4.74 Å². The van der Waals surface area contributed by atoms with Crippen LogP contribution in [-0.2, 0) is 11.3 Å². The van der Waals surface area contributed by atoms with E-state index in [4.69, 9.17) is 10.00 Å². The molecule has 0 saturated heterocycles. The van der Waals surface area contributed by atoms with E-state index in [1.807, 2.05) is 36.4 Å². The number of aliphatic hydroxyl groups excluding tert-OH is 1. The average molecular weight is 378 g/mol. The molecular formula is C21H18N2O5. The molecule has 1 aromatic heterocycles. The molecule has 0 unspecified atom stereocenters. The van der Waals surface area contributed by atoms with Gasteiger partial charge in [0.15, 0.2) is 0 Å². The second-order valence-electron chi connectivity index (χ2n) is 6.15. The van der Waals surface area contributed by atoms with Crippen molar-refractivity contribution in [3.8, 4) is 11.8 Å². The van der Waals surface area contributed by atoms with Crippen molar-refractivity contribution in [1.82, 2.24) is 4.57 Å². The zero-order chi connectivity index (χ0) is 20.1. The van der Waals surface area contributed by atoms with Gasteiger partial charge < -0.3 is 19.1 Å². The predicted octanol–water partition coefficient (Wildman–Crippen LogP) is 2.10. The predicted molar refractivity (Wildman–Crippen MR) is 102 cm³/mol. The number of aromatic nitrogens is 1. The summed E-state index contributed by atoms with van der Waals surface area (Å²) in [5.74, 6) is -0.0581. The van der Waals surface area contributed by atoms with Crippen molar-refractivity contribution in [3.05, 3.63) is 76.2 Å². The quantitative estimate of drug-likeness (QED) is 0.659. The number of nitriles is 1. The lowest BCUT2D eigenvalue weighted by molar-refractivity contribution is 0.0597. The molecule has 0 saturated carbocycles. The molecule has 0 aliphatic heterocycles. The zero-order valence-electron chi connectivity index (χ0n) is 15.2. The van der Waals surface area contributed by atoms with Gasteiger partial charge >= 0.3 is 5.97 Å². The number of ether oxygens (including phenoxy) is 2. The second kappa shape index (κ2) is 8.37. The summed E-state index contributed by atoms with van der Waals surface area (Å²) in [5, 5.41) is 21.4. The van der Waals surface area contributed by atoms with Crippen molar-refractivity contribution < 1.29 is 19.4 Å². The van der Waals surface area contributed by atoms with E-state index in [0.29, 0.717) is 5.75 Å². The molecule has 1 N–H and O–H groups in total. The lowest BCUT2D eigenvalue weighted by Crippen LogP contribution is -2.32. The van der Waals surface area contributed by atoms with Crippen molar-refractivity contribution in [1.29, 1.82) is 5.26 Å². The SMILES string of the molecule is COC(=O)c1cc(C#N)c(=O)n(C[C@H](O)COc2cccc3ccccc23)c1. The highest BCUT2D eigenvalue weighted by Crippen LogP contribution is 2.25. The number of aliphatic hydroxyl groups is 1. The lowest BCUT2D eigenvalue weighted by atomic mass is 10.1. The Labute approximate surface area is 161 Å². The topological polar surface area (TPSA) is 102 Å². The molecule has 3 aromatic rings. The number of fused-ring (bicyclic) bond motifs is 1. The third-order valence-electron chi connectivity index (χ3n) is 4.22. The van der Waals surface area contributed by atoms with E-state index < -0.39 is 17.6 Å². The van der Waals surface area contributed by atoms with Crippen LogP contribution in [0.1, 0.15) is 15.9 Å². The molecule has 0 fully saturated rings. The molecule has 7 heteroatoms. The molecule has 28 heavy (non-hydrogen) atoms. The first kappa shape index (κ1) is 19.1. The van der Waals surface area contributed by atoms with Crippen LogP contribution in [0.3, 0.4) is 0 Å². The summed E-state index contributed by atoms with van der Waals surface area (Å²) in [6.07, 6.45) is 0.229. The second-order valence-corrected chi connectivity index (χ2v) is 6.15. The summed E-state index contributed by atoms with van der Waals surface area (Å²) in [7, 11) is 1.21. The van der Waals surface area contributed by atoms with Crippen molar-refractivity contribution >= 4 is 16.7 Å². The first-order chi connectivity index (χ1) is 13.5. The normalized spacial score (nSPS) is 11.6. The Bertz CT molecular complexity index is 1110. The van der Waals surface area contributed by atoms with E-state index in [9.17, 15) is 14.7 Å². The van der Waals surface area contributed by atoms with Gasteiger partial charge in [0.05, 0.1) is 19.2 Å². The smallest absolute Gasteiger partial charge is 0.339 e. The van der Waals surface area contributed by atoms with E-state index in [1.54, 1.807) is 12.1 Å². The largest absolute Gasteiger partial charge is 0.490 e. The van der Waals surface area contributed by atoms with E-state index in [-0.39, 0.29) is 24.3 Å². The first-order valence-corrected chi connectivity index (χ1v) is 8.55. The summed E-state index contributed by atoms with van der Waals surface area (Å²) < 4.78 is 11.5. The number of pyridine rings is 1. The Morgan fingerprint density at radius 3 is 2.75 bits per heavy atom. The standard InChI is InChI=1S/C21H18N2O5/c1-27-21(26)16-9-15(10-22)20(25)23(11-16)12-17(24)13-28-19-8-4-6-14-5-2-3-7-18(14)19/h2-9,11,17,24H,12-13H2,1H3/t17-/m0/s1. The minimum atomic E-state index is -1.03. The number of nitrogens with zero attached hydrogens (tertiary/aromatic N) is 2. The minimum Gasteiger partial charge on any atom is -0.490 e. The van der Waals surface area contributed by atoms with Gasteiger partial charge in [-0.05, 0) is 17.5 Å². The summed E-state index contributed by atoms with van der Waals surface area (Å²) in [6.45, 7) is -0.200. The molecule has 142 valence electrons. The number of rotatable bonds is 6. The van der Waals surface area contributed by atoms with E-state index in [0.717, 1.165) is 15.3 Å². The Balaban J connectivity index is 1.78. The Morgan fingerprint density at radius 1 is 1.25 bits per heavy atom. The van der Waals surface area contributed by atoms with Crippen molar-refractivity contribution in [2.24, 2.45) is 0 Å². The zero-order valence-corrected chi connectivity index (χ0v) is 15.2. The maximum atomic E-state index is 12.3. The molecule has 3 rings (SSSR count). The van der Waals surface area contributed by atoms with E-state index in [1.165, 1.54) is 19.4 Å². The summed E-state index contributed by atoms with van der Waals surface area (Å²) in [4.78, 5) is 24.0. The van der Waals surface area contributed by atoms with Gasteiger partial charge in [-0.15, -0.1) is 0 Å². The summed E-state index contributed by atoms with van der Waals surface area (Å²) >= 11 is 0. The molecule has 0 aliphatic rings. The fraction of sp³-hybridized carbons (Fsp3) is 0.190. The molecule has 0 amide bonds. The highest BCUT2D eigenvalue weighted by molar-refractivity contribution is 5.89. The van der Waals surface area contributed by atoms with Crippen LogP contribution in [0.15, 0.2) is 59.5 Å². The Hall–Kier alpha value is -3.63. The maximum Gasteiger partial charge on any atom is 0.339 e. The van der Waals surface area contributed by atoms with Gasteiger partial charge in [-0.25, -0.2) is 4.79 Å². The number of esters is 1.